The molecule has 6 nitrogen and oxygen atoms in total. The van der Waals surface area contributed by atoms with E-state index in [-0.39, 0.29) is 5.57 Å². The van der Waals surface area contributed by atoms with E-state index in [9.17, 15) is 14.7 Å². The minimum absolute atomic E-state index is 0.0847. The largest absolute Gasteiger partial charge is 0.872 e. The number of hydrogen-bond donors (Lipinski definition) is 1. The third kappa shape index (κ3) is 4.72. The standard InChI is InChI=1S/C23H21BrCl2N2O4/c24-15-3-1-14(2-4-15)21(29)19-20(17-6-5-16(25)13-18(17)26)28(23(31)22(19)30)8-7-27-9-11-32-12-10-27/h1-6,13,20,29H,7-12H2/b21-19+. The van der Waals surface area contributed by atoms with E-state index in [4.69, 9.17) is 27.9 Å². The highest BCUT2D eigenvalue weighted by Crippen LogP contribution is 2.41. The number of quaternary nitrogens is 1. The summed E-state index contributed by atoms with van der Waals surface area (Å²) in [7, 11) is 0. The number of hydrogen-bond acceptors (Lipinski definition) is 4. The molecule has 0 aromatic heterocycles. The van der Waals surface area contributed by atoms with E-state index in [0.29, 0.717) is 47.5 Å². The van der Waals surface area contributed by atoms with Gasteiger partial charge in [-0.15, -0.1) is 0 Å². The Morgan fingerprint density at radius 2 is 1.81 bits per heavy atom. The van der Waals surface area contributed by atoms with E-state index < -0.39 is 23.5 Å². The van der Waals surface area contributed by atoms with Gasteiger partial charge in [0.05, 0.1) is 32.3 Å². The van der Waals surface area contributed by atoms with E-state index in [0.717, 1.165) is 17.6 Å². The summed E-state index contributed by atoms with van der Waals surface area (Å²) in [6.45, 7) is 3.94. The highest BCUT2D eigenvalue weighted by molar-refractivity contribution is 9.10. The van der Waals surface area contributed by atoms with Gasteiger partial charge in [0.25, 0.3) is 5.91 Å². The first-order chi connectivity index (χ1) is 15.4. The van der Waals surface area contributed by atoms with Crippen LogP contribution >= 0.6 is 39.1 Å². The Kier molecular flexibility index (Phi) is 7.22. The van der Waals surface area contributed by atoms with Crippen LogP contribution in [0.15, 0.2) is 52.5 Å². The van der Waals surface area contributed by atoms with Crippen molar-refractivity contribution in [1.82, 2.24) is 4.90 Å². The zero-order valence-corrected chi connectivity index (χ0v) is 20.2. The molecule has 0 aliphatic carbocycles. The third-order valence-electron chi connectivity index (χ3n) is 5.80. The summed E-state index contributed by atoms with van der Waals surface area (Å²) in [6, 6.07) is 10.7. The molecule has 32 heavy (non-hydrogen) atoms. The Hall–Kier alpha value is -1.90. The number of Topliss-reactive ketones (excluding diaryl/α,β-unsaturated/α-hetero) is 1. The van der Waals surface area contributed by atoms with E-state index in [2.05, 4.69) is 15.9 Å². The number of carbonyl (C=O) groups is 2. The molecule has 1 atom stereocenters. The van der Waals surface area contributed by atoms with Crippen molar-refractivity contribution in [2.24, 2.45) is 0 Å². The minimum atomic E-state index is -0.864. The number of rotatable bonds is 5. The average molecular weight is 540 g/mol. The highest BCUT2D eigenvalue weighted by Gasteiger charge is 2.45. The number of halogens is 3. The average Bonchev–Trinajstić information content (AvgIpc) is 3.03. The molecule has 2 fully saturated rings. The van der Waals surface area contributed by atoms with Gasteiger partial charge in [0.15, 0.2) is 0 Å². The molecule has 2 saturated heterocycles. The van der Waals surface area contributed by atoms with Crippen molar-refractivity contribution in [3.8, 4) is 0 Å². The van der Waals surface area contributed by atoms with Crippen molar-refractivity contribution in [2.75, 3.05) is 39.4 Å². The maximum atomic E-state index is 13.4. The zero-order chi connectivity index (χ0) is 22.8. The topological polar surface area (TPSA) is 74.1 Å². The lowest BCUT2D eigenvalue weighted by atomic mass is 9.95. The summed E-state index contributed by atoms with van der Waals surface area (Å²) >= 11 is 15.9. The van der Waals surface area contributed by atoms with Crippen molar-refractivity contribution >= 4 is 56.6 Å². The fourth-order valence-corrected chi connectivity index (χ4v) is 4.87. The number of ketones is 1. The van der Waals surface area contributed by atoms with Gasteiger partial charge in [-0.25, -0.2) is 0 Å². The van der Waals surface area contributed by atoms with Crippen molar-refractivity contribution in [3.63, 3.8) is 0 Å². The molecule has 1 unspecified atom stereocenters. The Balaban J connectivity index is 1.76. The Morgan fingerprint density at radius 3 is 2.47 bits per heavy atom. The lowest BCUT2D eigenvalue weighted by molar-refractivity contribution is -0.907. The first-order valence-corrected chi connectivity index (χ1v) is 11.8. The zero-order valence-electron chi connectivity index (χ0n) is 17.1. The fourth-order valence-electron chi connectivity index (χ4n) is 4.09. The number of amides is 1. The second-order valence-electron chi connectivity index (χ2n) is 7.76. The first kappa shape index (κ1) is 23.3. The number of ether oxygens (including phenoxy) is 1. The van der Waals surface area contributed by atoms with E-state index in [1.54, 1.807) is 42.5 Å². The second kappa shape index (κ2) is 9.93. The van der Waals surface area contributed by atoms with Crippen LogP contribution in [0.4, 0.5) is 0 Å². The molecule has 168 valence electrons. The molecule has 4 rings (SSSR count). The second-order valence-corrected chi connectivity index (χ2v) is 9.52. The van der Waals surface area contributed by atoms with Gasteiger partial charge in [0, 0.05) is 20.1 Å². The van der Waals surface area contributed by atoms with Crippen LogP contribution in [-0.2, 0) is 14.3 Å². The molecule has 2 aromatic rings. The predicted molar refractivity (Wildman–Crippen MR) is 123 cm³/mol. The molecule has 0 bridgehead atoms. The van der Waals surface area contributed by atoms with Crippen molar-refractivity contribution < 1.29 is 24.3 Å². The maximum absolute atomic E-state index is 13.4. The fraction of sp³-hybridized carbons (Fsp3) is 0.304. The van der Waals surface area contributed by atoms with Crippen LogP contribution in [0.25, 0.3) is 5.76 Å². The summed E-state index contributed by atoms with van der Waals surface area (Å²) in [5.41, 5.74) is 0.756. The van der Waals surface area contributed by atoms with Crippen molar-refractivity contribution in [3.05, 3.63) is 73.7 Å². The molecule has 1 amide bonds. The summed E-state index contributed by atoms with van der Waals surface area (Å²) in [6.07, 6.45) is 0. The molecule has 9 heteroatoms. The summed E-state index contributed by atoms with van der Waals surface area (Å²) in [5, 5.41) is 14.1. The molecule has 0 radical (unpaired) electrons. The van der Waals surface area contributed by atoms with Crippen LogP contribution in [0, 0.1) is 0 Å². The van der Waals surface area contributed by atoms with Gasteiger partial charge < -0.3 is 19.6 Å². The van der Waals surface area contributed by atoms with Crippen LogP contribution in [0.2, 0.25) is 10.0 Å². The van der Waals surface area contributed by atoms with Gasteiger partial charge in [0.2, 0.25) is 5.78 Å². The summed E-state index contributed by atoms with van der Waals surface area (Å²) in [5.74, 6) is -1.95. The number of carbonyl (C=O) groups excluding carboxylic acids is 2. The monoisotopic (exact) mass is 538 g/mol. The third-order valence-corrected chi connectivity index (χ3v) is 6.89. The quantitative estimate of drug-likeness (QED) is 0.358. The van der Waals surface area contributed by atoms with Gasteiger partial charge in [-0.2, -0.15) is 0 Å². The molecular formula is C23H21BrCl2N2O4. The molecule has 2 aromatic carbocycles. The van der Waals surface area contributed by atoms with E-state index in [1.165, 1.54) is 9.80 Å². The van der Waals surface area contributed by atoms with Crippen LogP contribution in [0.1, 0.15) is 17.2 Å². The lowest BCUT2D eigenvalue weighted by Gasteiger charge is -2.30. The van der Waals surface area contributed by atoms with Gasteiger partial charge in [-0.05, 0) is 35.4 Å². The Morgan fingerprint density at radius 1 is 1.12 bits per heavy atom. The molecular weight excluding hydrogens is 519 g/mol. The number of benzene rings is 2. The normalized spacial score (nSPS) is 21.3. The number of nitrogens with one attached hydrogen (secondary N) is 1. The van der Waals surface area contributed by atoms with Crippen LogP contribution in [-0.4, -0.2) is 56.0 Å². The Labute approximate surface area is 204 Å². The lowest BCUT2D eigenvalue weighted by Crippen LogP contribution is -3.14. The van der Waals surface area contributed by atoms with E-state index in [1.807, 2.05) is 0 Å². The molecule has 2 aliphatic rings. The maximum Gasteiger partial charge on any atom is 0.295 e. The van der Waals surface area contributed by atoms with Crippen molar-refractivity contribution in [2.45, 2.75) is 6.04 Å². The molecule has 2 heterocycles. The number of nitrogens with zero attached hydrogens (tertiary/aromatic N) is 1. The highest BCUT2D eigenvalue weighted by atomic mass is 79.9. The molecule has 0 saturated carbocycles. The van der Waals surface area contributed by atoms with Gasteiger partial charge in [0.1, 0.15) is 13.1 Å². The number of likely N-dealkylation sites (tertiary alicyclic amines) is 1. The smallest absolute Gasteiger partial charge is 0.295 e. The molecule has 2 aliphatic heterocycles. The van der Waals surface area contributed by atoms with Gasteiger partial charge in [-0.1, -0.05) is 63.1 Å². The predicted octanol–water partition coefficient (Wildman–Crippen LogP) is 1.90. The van der Waals surface area contributed by atoms with Crippen molar-refractivity contribution in [1.29, 1.82) is 0 Å². The number of morpholine rings is 1. The van der Waals surface area contributed by atoms with E-state index >= 15 is 0 Å². The van der Waals surface area contributed by atoms with Gasteiger partial charge in [-0.3, -0.25) is 9.59 Å². The minimum Gasteiger partial charge on any atom is -0.872 e. The van der Waals surface area contributed by atoms with Crippen LogP contribution < -0.4 is 10.0 Å². The first-order valence-electron chi connectivity index (χ1n) is 10.3. The SMILES string of the molecule is O=C1C(=O)N(CC[NH+]2CCOCC2)C(c2ccc(Cl)cc2Cl)/C1=C(\[O-])c1ccc(Br)cc1. The Bertz CT molecular complexity index is 1070. The molecule has 0 spiro atoms. The van der Waals surface area contributed by atoms with Crippen LogP contribution in [0.3, 0.4) is 0 Å². The summed E-state index contributed by atoms with van der Waals surface area (Å²) < 4.78 is 6.20. The van der Waals surface area contributed by atoms with Crippen LogP contribution in [0.5, 0.6) is 0 Å². The molecule has 1 N–H and O–H groups in total. The summed E-state index contributed by atoms with van der Waals surface area (Å²) in [4.78, 5) is 28.8. The van der Waals surface area contributed by atoms with Gasteiger partial charge >= 0.3 is 0 Å².